The van der Waals surface area contributed by atoms with E-state index < -0.39 is 9.84 Å². The van der Waals surface area contributed by atoms with Gasteiger partial charge in [0.15, 0.2) is 15.8 Å². The van der Waals surface area contributed by atoms with Gasteiger partial charge in [-0.1, -0.05) is 19.1 Å². The maximum atomic E-state index is 11.5. The number of rotatable bonds is 8. The van der Waals surface area contributed by atoms with E-state index in [4.69, 9.17) is 0 Å². The van der Waals surface area contributed by atoms with Crippen molar-refractivity contribution in [3.05, 3.63) is 29.8 Å². The Morgan fingerprint density at radius 1 is 1.19 bits per heavy atom. The highest BCUT2D eigenvalue weighted by molar-refractivity contribution is 7.90. The Morgan fingerprint density at radius 3 is 2.42 bits per heavy atom. The van der Waals surface area contributed by atoms with Crippen LogP contribution in [0.2, 0.25) is 0 Å². The van der Waals surface area contributed by atoms with Crippen molar-refractivity contribution in [2.75, 3.05) is 46.0 Å². The fraction of sp³-hybridized carbons (Fsp3) is 0.632. The predicted octanol–water partition coefficient (Wildman–Crippen LogP) is 1.53. The molecule has 26 heavy (non-hydrogen) atoms. The number of nitrogens with one attached hydrogen (secondary N) is 2. The Hall–Kier alpha value is -1.60. The molecule has 1 saturated heterocycles. The first kappa shape index (κ1) is 20.7. The molecule has 0 bridgehead atoms. The Balaban J connectivity index is 1.69. The van der Waals surface area contributed by atoms with E-state index >= 15 is 0 Å². The van der Waals surface area contributed by atoms with Crippen molar-refractivity contribution in [3.63, 3.8) is 0 Å². The van der Waals surface area contributed by atoms with E-state index in [1.54, 1.807) is 19.2 Å². The molecule has 1 aromatic carbocycles. The molecule has 1 aliphatic heterocycles. The van der Waals surface area contributed by atoms with Crippen molar-refractivity contribution in [2.24, 2.45) is 10.9 Å². The highest BCUT2D eigenvalue weighted by Gasteiger charge is 2.14. The number of hydrogen-bond acceptors (Lipinski definition) is 4. The molecule has 0 amide bonds. The van der Waals surface area contributed by atoms with E-state index in [2.05, 4.69) is 27.4 Å². The van der Waals surface area contributed by atoms with Gasteiger partial charge in [0.2, 0.25) is 0 Å². The van der Waals surface area contributed by atoms with Crippen molar-refractivity contribution >= 4 is 15.8 Å². The molecule has 2 rings (SSSR count). The fourth-order valence-electron chi connectivity index (χ4n) is 3.19. The van der Waals surface area contributed by atoms with Gasteiger partial charge in [0.1, 0.15) is 0 Å². The number of sulfone groups is 1. The largest absolute Gasteiger partial charge is 0.356 e. The summed E-state index contributed by atoms with van der Waals surface area (Å²) in [6.07, 6.45) is 4.70. The minimum atomic E-state index is -3.13. The highest BCUT2D eigenvalue weighted by Crippen LogP contribution is 2.11. The molecule has 1 aliphatic rings. The minimum Gasteiger partial charge on any atom is -0.356 e. The van der Waals surface area contributed by atoms with Gasteiger partial charge >= 0.3 is 0 Å². The van der Waals surface area contributed by atoms with Gasteiger partial charge in [-0.2, -0.15) is 0 Å². The molecule has 1 aromatic rings. The van der Waals surface area contributed by atoms with Crippen molar-refractivity contribution in [1.82, 2.24) is 15.5 Å². The van der Waals surface area contributed by atoms with Crippen LogP contribution in [-0.4, -0.2) is 65.3 Å². The maximum Gasteiger partial charge on any atom is 0.190 e. The fourth-order valence-corrected chi connectivity index (χ4v) is 3.82. The van der Waals surface area contributed by atoms with Crippen molar-refractivity contribution in [3.8, 4) is 0 Å². The van der Waals surface area contributed by atoms with Gasteiger partial charge in [-0.15, -0.1) is 0 Å². The van der Waals surface area contributed by atoms with Crippen LogP contribution in [0.5, 0.6) is 0 Å². The van der Waals surface area contributed by atoms with Crippen molar-refractivity contribution in [1.29, 1.82) is 0 Å². The van der Waals surface area contributed by atoms with E-state index in [0.29, 0.717) is 10.8 Å². The zero-order chi connectivity index (χ0) is 19.0. The Labute approximate surface area is 158 Å². The van der Waals surface area contributed by atoms with Crippen LogP contribution in [0.4, 0.5) is 0 Å². The summed E-state index contributed by atoms with van der Waals surface area (Å²) in [7, 11) is -1.35. The van der Waals surface area contributed by atoms with Crippen LogP contribution in [0.3, 0.4) is 0 Å². The van der Waals surface area contributed by atoms with Crippen molar-refractivity contribution < 1.29 is 8.42 Å². The molecule has 1 heterocycles. The second-order valence-electron chi connectivity index (χ2n) is 7.16. The lowest BCUT2D eigenvalue weighted by molar-refractivity contribution is 0.287. The molecule has 1 unspecified atom stereocenters. The number of guanidine groups is 1. The summed E-state index contributed by atoms with van der Waals surface area (Å²) in [6, 6.07) is 7.06. The summed E-state index contributed by atoms with van der Waals surface area (Å²) in [6.45, 7) is 7.51. The van der Waals surface area contributed by atoms with Crippen LogP contribution < -0.4 is 10.6 Å². The molecule has 0 radical (unpaired) electrons. The van der Waals surface area contributed by atoms with Gasteiger partial charge in [0, 0.05) is 32.9 Å². The SMILES string of the molecule is CN=C(NCCc1ccc(S(C)(=O)=O)cc1)NCC(C)CN1CCCC1. The number of aliphatic imine (C=N–C) groups is 1. The smallest absolute Gasteiger partial charge is 0.190 e. The second kappa shape index (κ2) is 9.92. The summed E-state index contributed by atoms with van der Waals surface area (Å²) < 4.78 is 23.0. The lowest BCUT2D eigenvalue weighted by Crippen LogP contribution is -2.42. The monoisotopic (exact) mass is 380 g/mol. The van der Waals surface area contributed by atoms with E-state index in [-0.39, 0.29) is 0 Å². The lowest BCUT2D eigenvalue weighted by Gasteiger charge is -2.21. The lowest BCUT2D eigenvalue weighted by atomic mass is 10.1. The second-order valence-corrected chi connectivity index (χ2v) is 9.17. The quantitative estimate of drug-likeness (QED) is 0.528. The number of nitrogens with zero attached hydrogens (tertiary/aromatic N) is 2. The molecule has 0 saturated carbocycles. The number of likely N-dealkylation sites (tertiary alicyclic amines) is 1. The molecule has 0 aliphatic carbocycles. The maximum absolute atomic E-state index is 11.5. The third-order valence-electron chi connectivity index (χ3n) is 4.67. The van der Waals surface area contributed by atoms with E-state index in [1.165, 1.54) is 32.2 Å². The van der Waals surface area contributed by atoms with Crippen LogP contribution in [-0.2, 0) is 16.3 Å². The first-order valence-electron chi connectivity index (χ1n) is 9.34. The number of benzene rings is 1. The molecule has 6 nitrogen and oxygen atoms in total. The Kier molecular flexibility index (Phi) is 7.90. The predicted molar refractivity (Wildman–Crippen MR) is 107 cm³/mol. The van der Waals surface area contributed by atoms with Gasteiger partial charge in [-0.05, 0) is 56.0 Å². The third-order valence-corrected chi connectivity index (χ3v) is 5.80. The summed E-state index contributed by atoms with van der Waals surface area (Å²) in [5.41, 5.74) is 1.10. The highest BCUT2D eigenvalue weighted by atomic mass is 32.2. The first-order valence-corrected chi connectivity index (χ1v) is 11.2. The van der Waals surface area contributed by atoms with Gasteiger partial charge < -0.3 is 15.5 Å². The summed E-state index contributed by atoms with van der Waals surface area (Å²) in [5, 5.41) is 6.71. The summed E-state index contributed by atoms with van der Waals surface area (Å²) in [4.78, 5) is 7.16. The van der Waals surface area contributed by atoms with Crippen LogP contribution in [0.25, 0.3) is 0 Å². The summed E-state index contributed by atoms with van der Waals surface area (Å²) in [5.74, 6) is 1.39. The average Bonchev–Trinajstić information content (AvgIpc) is 3.10. The van der Waals surface area contributed by atoms with Crippen LogP contribution in [0.15, 0.2) is 34.2 Å². The molecule has 7 heteroatoms. The Morgan fingerprint density at radius 2 is 1.85 bits per heavy atom. The molecule has 2 N–H and O–H groups in total. The van der Waals surface area contributed by atoms with E-state index in [9.17, 15) is 8.42 Å². The van der Waals surface area contributed by atoms with E-state index in [1.807, 2.05) is 12.1 Å². The molecule has 146 valence electrons. The standard InChI is InChI=1S/C19H32N4O2S/c1-16(15-23-12-4-5-13-23)14-22-19(20-2)21-11-10-17-6-8-18(9-7-17)26(3,24)25/h6-9,16H,4-5,10-15H2,1-3H3,(H2,20,21,22). The van der Waals surface area contributed by atoms with Gasteiger partial charge in [0.25, 0.3) is 0 Å². The molecule has 0 aromatic heterocycles. The van der Waals surface area contributed by atoms with Gasteiger partial charge in [-0.25, -0.2) is 8.42 Å². The zero-order valence-corrected chi connectivity index (χ0v) is 17.0. The minimum absolute atomic E-state index is 0.360. The van der Waals surface area contributed by atoms with Crippen LogP contribution in [0.1, 0.15) is 25.3 Å². The molecule has 1 fully saturated rings. The van der Waals surface area contributed by atoms with Crippen molar-refractivity contribution in [2.45, 2.75) is 31.1 Å². The Bertz CT molecular complexity index is 680. The van der Waals surface area contributed by atoms with Gasteiger partial charge in [0.05, 0.1) is 4.90 Å². The van der Waals surface area contributed by atoms with Gasteiger partial charge in [-0.3, -0.25) is 4.99 Å². The first-order chi connectivity index (χ1) is 12.4. The summed E-state index contributed by atoms with van der Waals surface area (Å²) >= 11 is 0. The molecular weight excluding hydrogens is 348 g/mol. The van der Waals surface area contributed by atoms with Crippen LogP contribution in [0, 0.1) is 5.92 Å². The zero-order valence-electron chi connectivity index (χ0n) is 16.2. The molecule has 1 atom stereocenters. The molecule has 0 spiro atoms. The topological polar surface area (TPSA) is 73.8 Å². The normalized spacial score (nSPS) is 17.3. The van der Waals surface area contributed by atoms with E-state index in [0.717, 1.165) is 37.6 Å². The average molecular weight is 381 g/mol. The third kappa shape index (κ3) is 6.96. The number of hydrogen-bond donors (Lipinski definition) is 2. The van der Waals surface area contributed by atoms with Crippen LogP contribution >= 0.6 is 0 Å². The molecular formula is C19H32N4O2S.